The van der Waals surface area contributed by atoms with E-state index in [0.29, 0.717) is 25.8 Å². The van der Waals surface area contributed by atoms with E-state index in [-0.39, 0.29) is 0 Å². The Morgan fingerprint density at radius 3 is 2.88 bits per heavy atom. The number of aromatic nitrogens is 1. The summed E-state index contributed by atoms with van der Waals surface area (Å²) < 4.78 is 5.63. The van der Waals surface area contributed by atoms with Crippen LogP contribution in [0.2, 0.25) is 0 Å². The topological polar surface area (TPSA) is 48.8 Å². The minimum absolute atomic E-state index is 0.371. The number of hydrogen-bond acceptors (Lipinski definition) is 6. The van der Waals surface area contributed by atoms with Gasteiger partial charge >= 0.3 is 0 Å². The van der Waals surface area contributed by atoms with E-state index in [4.69, 9.17) is 4.74 Å². The van der Waals surface area contributed by atoms with Crippen LogP contribution in [0.4, 0.5) is 5.13 Å². The standard InChI is InChI=1S/C18H25N3O2S/c1-15-11-20(8-9-21(15)18-19-7-10-24-18)12-17(22)14-23-13-16-5-3-2-4-6-16/h2-7,10,15,17,22H,8-9,11-14H2,1H3. The SMILES string of the molecule is CC1CN(CC(O)COCc2ccccc2)CCN1c1nccs1. The number of β-amino-alcohol motifs (C(OH)–C–C–N with tert-alkyl or cyclic N) is 1. The number of ether oxygens (including phenoxy) is 1. The van der Waals surface area contributed by atoms with Gasteiger partial charge in [0.1, 0.15) is 0 Å². The summed E-state index contributed by atoms with van der Waals surface area (Å²) in [7, 11) is 0. The van der Waals surface area contributed by atoms with Crippen LogP contribution in [-0.2, 0) is 11.3 Å². The number of benzene rings is 1. The van der Waals surface area contributed by atoms with Crippen LogP contribution in [-0.4, -0.2) is 59.9 Å². The monoisotopic (exact) mass is 347 g/mol. The summed E-state index contributed by atoms with van der Waals surface area (Å²) in [6, 6.07) is 10.5. The maximum atomic E-state index is 10.2. The lowest BCUT2D eigenvalue weighted by Crippen LogP contribution is -2.53. The van der Waals surface area contributed by atoms with Crippen molar-refractivity contribution in [2.45, 2.75) is 25.7 Å². The highest BCUT2D eigenvalue weighted by atomic mass is 32.1. The van der Waals surface area contributed by atoms with Gasteiger partial charge in [-0.2, -0.15) is 0 Å². The van der Waals surface area contributed by atoms with Crippen LogP contribution >= 0.6 is 11.3 Å². The highest BCUT2D eigenvalue weighted by Gasteiger charge is 2.26. The molecule has 1 aromatic carbocycles. The molecule has 130 valence electrons. The van der Waals surface area contributed by atoms with Gasteiger partial charge in [0.25, 0.3) is 0 Å². The van der Waals surface area contributed by atoms with Crippen molar-refractivity contribution >= 4 is 16.5 Å². The summed E-state index contributed by atoms with van der Waals surface area (Å²) in [5, 5.41) is 13.3. The van der Waals surface area contributed by atoms with Crippen LogP contribution in [0.1, 0.15) is 12.5 Å². The number of hydrogen-bond donors (Lipinski definition) is 1. The molecule has 6 heteroatoms. The maximum Gasteiger partial charge on any atom is 0.185 e. The molecule has 1 fully saturated rings. The molecule has 1 aliphatic heterocycles. The van der Waals surface area contributed by atoms with Crippen molar-refractivity contribution in [2.75, 3.05) is 37.7 Å². The lowest BCUT2D eigenvalue weighted by Gasteiger charge is -2.40. The molecular weight excluding hydrogens is 322 g/mol. The van der Waals surface area contributed by atoms with Gasteiger partial charge in [-0.3, -0.25) is 4.90 Å². The van der Waals surface area contributed by atoms with Gasteiger partial charge < -0.3 is 14.7 Å². The van der Waals surface area contributed by atoms with E-state index in [9.17, 15) is 5.11 Å². The molecule has 0 aliphatic carbocycles. The Morgan fingerprint density at radius 1 is 1.33 bits per heavy atom. The smallest absolute Gasteiger partial charge is 0.185 e. The van der Waals surface area contributed by atoms with Gasteiger partial charge in [0, 0.05) is 43.8 Å². The van der Waals surface area contributed by atoms with Crippen LogP contribution in [0.3, 0.4) is 0 Å². The van der Waals surface area contributed by atoms with Crippen molar-refractivity contribution in [3.63, 3.8) is 0 Å². The first-order chi connectivity index (χ1) is 11.7. The summed E-state index contributed by atoms with van der Waals surface area (Å²) in [6.07, 6.45) is 1.40. The number of thiazole rings is 1. The van der Waals surface area contributed by atoms with E-state index < -0.39 is 6.10 Å². The zero-order chi connectivity index (χ0) is 16.8. The van der Waals surface area contributed by atoms with Crippen molar-refractivity contribution in [3.8, 4) is 0 Å². The quantitative estimate of drug-likeness (QED) is 0.832. The molecule has 5 nitrogen and oxygen atoms in total. The molecule has 3 rings (SSSR count). The molecule has 0 spiro atoms. The Balaban J connectivity index is 1.39. The highest BCUT2D eigenvalue weighted by molar-refractivity contribution is 7.13. The Kier molecular flexibility index (Phi) is 6.20. The number of nitrogens with zero attached hydrogens (tertiary/aromatic N) is 3. The van der Waals surface area contributed by atoms with Crippen molar-refractivity contribution in [1.82, 2.24) is 9.88 Å². The average Bonchev–Trinajstić information content (AvgIpc) is 3.10. The summed E-state index contributed by atoms with van der Waals surface area (Å²) in [5.74, 6) is 0. The number of aliphatic hydroxyl groups is 1. The molecule has 2 atom stereocenters. The molecule has 1 aromatic heterocycles. The van der Waals surface area contributed by atoms with Crippen molar-refractivity contribution < 1.29 is 9.84 Å². The van der Waals surface area contributed by atoms with Crippen molar-refractivity contribution in [1.29, 1.82) is 0 Å². The molecule has 1 N–H and O–H groups in total. The third kappa shape index (κ3) is 4.77. The van der Waals surface area contributed by atoms with E-state index in [1.165, 1.54) is 0 Å². The largest absolute Gasteiger partial charge is 0.389 e. The Hall–Kier alpha value is -1.47. The second-order valence-corrected chi connectivity index (χ2v) is 7.14. The second-order valence-electron chi connectivity index (χ2n) is 6.27. The van der Waals surface area contributed by atoms with Gasteiger partial charge in [-0.1, -0.05) is 30.3 Å². The minimum atomic E-state index is -0.452. The number of piperazine rings is 1. The highest BCUT2D eigenvalue weighted by Crippen LogP contribution is 2.22. The minimum Gasteiger partial charge on any atom is -0.389 e. The van der Waals surface area contributed by atoms with Crippen LogP contribution in [0.15, 0.2) is 41.9 Å². The normalized spacial score (nSPS) is 20.2. The van der Waals surface area contributed by atoms with Gasteiger partial charge in [-0.25, -0.2) is 4.98 Å². The summed E-state index contributed by atoms with van der Waals surface area (Å²) in [4.78, 5) is 9.06. The molecule has 0 saturated carbocycles. The van der Waals surface area contributed by atoms with Gasteiger partial charge in [-0.15, -0.1) is 11.3 Å². The zero-order valence-electron chi connectivity index (χ0n) is 14.0. The fraction of sp³-hybridized carbons (Fsp3) is 0.500. The maximum absolute atomic E-state index is 10.2. The van der Waals surface area contributed by atoms with E-state index in [2.05, 4.69) is 21.7 Å². The molecule has 0 radical (unpaired) electrons. The Labute approximate surface area is 147 Å². The van der Waals surface area contributed by atoms with Gasteiger partial charge in [0.05, 0.1) is 19.3 Å². The molecule has 2 unspecified atom stereocenters. The first-order valence-electron chi connectivity index (χ1n) is 8.40. The molecule has 2 aromatic rings. The van der Waals surface area contributed by atoms with Crippen LogP contribution < -0.4 is 4.90 Å². The second kappa shape index (κ2) is 8.58. The average molecular weight is 347 g/mol. The van der Waals surface area contributed by atoms with Gasteiger partial charge in [0.2, 0.25) is 0 Å². The summed E-state index contributed by atoms with van der Waals surface area (Å²) in [6.45, 7) is 6.63. The first kappa shape index (κ1) is 17.4. The number of rotatable bonds is 7. The first-order valence-corrected chi connectivity index (χ1v) is 9.28. The van der Waals surface area contributed by atoms with Crippen LogP contribution in [0.5, 0.6) is 0 Å². The fourth-order valence-electron chi connectivity index (χ4n) is 3.08. The lowest BCUT2D eigenvalue weighted by molar-refractivity contribution is 0.00743. The molecule has 2 heterocycles. The Bertz CT molecular complexity index is 594. The van der Waals surface area contributed by atoms with Crippen LogP contribution in [0, 0.1) is 0 Å². The lowest BCUT2D eigenvalue weighted by atomic mass is 10.2. The van der Waals surface area contributed by atoms with Crippen molar-refractivity contribution in [3.05, 3.63) is 47.5 Å². The number of anilines is 1. The van der Waals surface area contributed by atoms with E-state index in [0.717, 1.165) is 30.3 Å². The molecular formula is C18H25N3O2S. The third-order valence-corrected chi connectivity index (χ3v) is 5.08. The Morgan fingerprint density at radius 2 is 2.17 bits per heavy atom. The molecule has 0 bridgehead atoms. The molecule has 0 amide bonds. The molecule has 24 heavy (non-hydrogen) atoms. The summed E-state index contributed by atoms with van der Waals surface area (Å²) >= 11 is 1.68. The predicted octanol–water partition coefficient (Wildman–Crippen LogP) is 2.23. The predicted molar refractivity (Wildman–Crippen MR) is 97.5 cm³/mol. The number of aliphatic hydroxyl groups excluding tert-OH is 1. The van der Waals surface area contributed by atoms with Crippen molar-refractivity contribution in [2.24, 2.45) is 0 Å². The zero-order valence-corrected chi connectivity index (χ0v) is 14.9. The van der Waals surface area contributed by atoms with E-state index in [1.54, 1.807) is 11.3 Å². The third-order valence-electron chi connectivity index (χ3n) is 4.27. The fourth-order valence-corrected chi connectivity index (χ4v) is 3.85. The van der Waals surface area contributed by atoms with Crippen LogP contribution in [0.25, 0.3) is 0 Å². The molecule has 1 aliphatic rings. The van der Waals surface area contributed by atoms with Gasteiger partial charge in [0.15, 0.2) is 5.13 Å². The molecule has 1 saturated heterocycles. The summed E-state index contributed by atoms with van der Waals surface area (Å²) in [5.41, 5.74) is 1.13. The van der Waals surface area contributed by atoms with E-state index in [1.807, 2.05) is 41.9 Å². The van der Waals surface area contributed by atoms with Gasteiger partial charge in [-0.05, 0) is 12.5 Å². The van der Waals surface area contributed by atoms with E-state index >= 15 is 0 Å².